The molecule has 0 spiro atoms. The molecule has 0 saturated heterocycles. The maximum absolute atomic E-state index is 12.4. The highest BCUT2D eigenvalue weighted by Crippen LogP contribution is 2.36. The maximum atomic E-state index is 12.4. The lowest BCUT2D eigenvalue weighted by Crippen LogP contribution is -2.22. The van der Waals surface area contributed by atoms with E-state index in [2.05, 4.69) is 5.32 Å². The molecule has 0 unspecified atom stereocenters. The molecule has 2 heterocycles. The van der Waals surface area contributed by atoms with Crippen LogP contribution in [0.3, 0.4) is 0 Å². The van der Waals surface area contributed by atoms with Crippen molar-refractivity contribution in [2.24, 2.45) is 0 Å². The van der Waals surface area contributed by atoms with E-state index in [0.717, 1.165) is 22.5 Å². The molecule has 2 aromatic heterocycles. The molecule has 0 aliphatic rings. The lowest BCUT2D eigenvalue weighted by molar-refractivity contribution is -0.119. The molecule has 0 aliphatic carbocycles. The summed E-state index contributed by atoms with van der Waals surface area (Å²) in [7, 11) is 0. The van der Waals surface area contributed by atoms with Crippen LogP contribution in [0.2, 0.25) is 0 Å². The summed E-state index contributed by atoms with van der Waals surface area (Å²) >= 11 is 1.16. The predicted octanol–water partition coefficient (Wildman–Crippen LogP) is 4.60. The Morgan fingerprint density at radius 2 is 1.90 bits per heavy atom. The minimum Gasteiger partial charge on any atom is -0.464 e. The van der Waals surface area contributed by atoms with Gasteiger partial charge in [-0.05, 0) is 44.5 Å². The van der Waals surface area contributed by atoms with Gasteiger partial charge in [0.15, 0.2) is 6.61 Å². The number of furan rings is 1. The van der Waals surface area contributed by atoms with Crippen molar-refractivity contribution < 1.29 is 28.3 Å². The summed E-state index contributed by atoms with van der Waals surface area (Å²) in [5, 5.41) is 4.62. The zero-order valence-corrected chi connectivity index (χ0v) is 17.6. The van der Waals surface area contributed by atoms with Gasteiger partial charge in [0.05, 0.1) is 18.4 Å². The van der Waals surface area contributed by atoms with Gasteiger partial charge in [0.2, 0.25) is 0 Å². The summed E-state index contributed by atoms with van der Waals surface area (Å²) in [6.45, 7) is 5.13. The third-order valence-electron chi connectivity index (χ3n) is 4.25. The van der Waals surface area contributed by atoms with Gasteiger partial charge in [-0.2, -0.15) is 0 Å². The first-order valence-electron chi connectivity index (χ1n) is 9.27. The smallest absolute Gasteiger partial charge is 0.341 e. The number of rotatable bonds is 7. The van der Waals surface area contributed by atoms with Crippen molar-refractivity contribution in [2.45, 2.75) is 20.8 Å². The van der Waals surface area contributed by atoms with Crippen LogP contribution < -0.4 is 5.32 Å². The minimum atomic E-state index is -0.587. The van der Waals surface area contributed by atoms with Crippen LogP contribution in [0.15, 0.2) is 46.4 Å². The molecule has 7 nitrogen and oxygen atoms in total. The Hall–Kier alpha value is -3.39. The molecular weight excluding hydrogens is 406 g/mol. The van der Waals surface area contributed by atoms with Gasteiger partial charge < -0.3 is 19.2 Å². The van der Waals surface area contributed by atoms with Crippen molar-refractivity contribution in [3.63, 3.8) is 0 Å². The number of carbonyl (C=O) groups is 3. The Labute approximate surface area is 177 Å². The molecule has 0 saturated carbocycles. The summed E-state index contributed by atoms with van der Waals surface area (Å²) in [6.07, 6.45) is 1.49. The van der Waals surface area contributed by atoms with Gasteiger partial charge in [0.25, 0.3) is 5.91 Å². The van der Waals surface area contributed by atoms with Gasteiger partial charge in [0.1, 0.15) is 16.3 Å². The van der Waals surface area contributed by atoms with E-state index in [1.54, 1.807) is 43.5 Å². The Bertz CT molecular complexity index is 1070. The standard InChI is InChI=1S/C22H21NO6S/c1-4-27-22(26)19-16(17-6-5-9-28-17)12-30-20(19)23-18(24)11-29-21(25)15-8-7-13(2)10-14(15)3/h5-10,12H,4,11H2,1-3H3,(H,23,24). The van der Waals surface area contributed by atoms with Crippen LogP contribution in [-0.2, 0) is 14.3 Å². The quantitative estimate of drug-likeness (QED) is 0.554. The van der Waals surface area contributed by atoms with E-state index in [0.29, 0.717) is 21.9 Å². The highest BCUT2D eigenvalue weighted by molar-refractivity contribution is 7.15. The molecule has 1 N–H and O–H groups in total. The van der Waals surface area contributed by atoms with Crippen LogP contribution in [-0.4, -0.2) is 31.1 Å². The highest BCUT2D eigenvalue weighted by atomic mass is 32.1. The SMILES string of the molecule is CCOC(=O)c1c(-c2ccco2)csc1NC(=O)COC(=O)c1ccc(C)cc1C. The molecular formula is C22H21NO6S. The Kier molecular flexibility index (Phi) is 6.68. The first-order valence-corrected chi connectivity index (χ1v) is 10.1. The summed E-state index contributed by atoms with van der Waals surface area (Å²) in [5.41, 5.74) is 2.92. The third kappa shape index (κ3) is 4.77. The van der Waals surface area contributed by atoms with Gasteiger partial charge in [-0.25, -0.2) is 9.59 Å². The summed E-state index contributed by atoms with van der Waals surface area (Å²) < 4.78 is 15.6. The predicted molar refractivity (Wildman–Crippen MR) is 113 cm³/mol. The van der Waals surface area contributed by atoms with Crippen LogP contribution in [0.5, 0.6) is 0 Å². The second-order valence-electron chi connectivity index (χ2n) is 6.49. The Morgan fingerprint density at radius 1 is 1.10 bits per heavy atom. The number of esters is 2. The number of hydrogen-bond acceptors (Lipinski definition) is 7. The monoisotopic (exact) mass is 427 g/mol. The van der Waals surface area contributed by atoms with Crippen LogP contribution in [0.4, 0.5) is 5.00 Å². The highest BCUT2D eigenvalue weighted by Gasteiger charge is 2.24. The molecule has 0 fully saturated rings. The van der Waals surface area contributed by atoms with Crippen molar-refractivity contribution in [2.75, 3.05) is 18.5 Å². The molecule has 0 bridgehead atoms. The van der Waals surface area contributed by atoms with E-state index < -0.39 is 24.5 Å². The molecule has 0 radical (unpaired) electrons. The number of benzene rings is 1. The van der Waals surface area contributed by atoms with Crippen LogP contribution >= 0.6 is 11.3 Å². The van der Waals surface area contributed by atoms with E-state index >= 15 is 0 Å². The summed E-state index contributed by atoms with van der Waals surface area (Å²) in [4.78, 5) is 37.1. The van der Waals surface area contributed by atoms with Gasteiger partial charge in [-0.1, -0.05) is 17.7 Å². The zero-order chi connectivity index (χ0) is 21.7. The number of thiophene rings is 1. The number of hydrogen-bond donors (Lipinski definition) is 1. The molecule has 156 valence electrons. The summed E-state index contributed by atoms with van der Waals surface area (Å²) in [5.74, 6) is -1.24. The van der Waals surface area contributed by atoms with Gasteiger partial charge in [-0.3, -0.25) is 4.79 Å². The topological polar surface area (TPSA) is 94.8 Å². The third-order valence-corrected chi connectivity index (χ3v) is 5.14. The Balaban J connectivity index is 1.72. The zero-order valence-electron chi connectivity index (χ0n) is 16.8. The van der Waals surface area contributed by atoms with E-state index in [1.165, 1.54) is 6.26 Å². The molecule has 0 atom stereocenters. The van der Waals surface area contributed by atoms with Crippen molar-refractivity contribution in [3.05, 3.63) is 64.2 Å². The number of ether oxygens (including phenoxy) is 2. The number of carbonyl (C=O) groups excluding carboxylic acids is 3. The minimum absolute atomic E-state index is 0.188. The normalized spacial score (nSPS) is 10.5. The van der Waals surface area contributed by atoms with E-state index in [4.69, 9.17) is 13.9 Å². The molecule has 0 aliphatic heterocycles. The van der Waals surface area contributed by atoms with Crippen LogP contribution in [0.25, 0.3) is 11.3 Å². The van der Waals surface area contributed by atoms with Crippen molar-refractivity contribution in [1.82, 2.24) is 0 Å². The first kappa shape index (κ1) is 21.3. The van der Waals surface area contributed by atoms with Gasteiger partial charge >= 0.3 is 11.9 Å². The van der Waals surface area contributed by atoms with Crippen LogP contribution in [0.1, 0.15) is 38.8 Å². The van der Waals surface area contributed by atoms with E-state index in [-0.39, 0.29) is 12.2 Å². The van der Waals surface area contributed by atoms with Crippen molar-refractivity contribution in [1.29, 1.82) is 0 Å². The number of aryl methyl sites for hydroxylation is 2. The van der Waals surface area contributed by atoms with Crippen molar-refractivity contribution >= 4 is 34.2 Å². The van der Waals surface area contributed by atoms with Crippen LogP contribution in [0, 0.1) is 13.8 Å². The molecule has 1 aromatic carbocycles. The van der Waals surface area contributed by atoms with Crippen molar-refractivity contribution in [3.8, 4) is 11.3 Å². The summed E-state index contributed by atoms with van der Waals surface area (Å²) in [6, 6.07) is 8.74. The average molecular weight is 427 g/mol. The van der Waals surface area contributed by atoms with Gasteiger partial charge in [0, 0.05) is 10.9 Å². The average Bonchev–Trinajstić information content (AvgIpc) is 3.36. The fourth-order valence-corrected chi connectivity index (χ4v) is 3.84. The van der Waals surface area contributed by atoms with E-state index in [1.807, 2.05) is 13.0 Å². The molecule has 3 rings (SSSR count). The lowest BCUT2D eigenvalue weighted by atomic mass is 10.1. The largest absolute Gasteiger partial charge is 0.464 e. The molecule has 1 amide bonds. The first-order chi connectivity index (χ1) is 14.4. The second-order valence-corrected chi connectivity index (χ2v) is 7.37. The fraction of sp³-hybridized carbons (Fsp3) is 0.227. The second kappa shape index (κ2) is 9.41. The molecule has 30 heavy (non-hydrogen) atoms. The van der Waals surface area contributed by atoms with E-state index in [9.17, 15) is 14.4 Å². The van der Waals surface area contributed by atoms with Gasteiger partial charge in [-0.15, -0.1) is 11.3 Å². The number of anilines is 1. The maximum Gasteiger partial charge on any atom is 0.341 e. The molecule has 8 heteroatoms. The molecule has 3 aromatic rings. The fourth-order valence-electron chi connectivity index (χ4n) is 2.88. The Morgan fingerprint density at radius 3 is 2.57 bits per heavy atom. The number of amides is 1. The number of nitrogens with one attached hydrogen (secondary N) is 1. The lowest BCUT2D eigenvalue weighted by Gasteiger charge is -2.09.